The van der Waals surface area contributed by atoms with E-state index in [1.807, 2.05) is 5.38 Å². The van der Waals surface area contributed by atoms with Crippen LogP contribution in [-0.4, -0.2) is 44.2 Å². The Balaban J connectivity index is 1.52. The summed E-state index contributed by atoms with van der Waals surface area (Å²) in [5.41, 5.74) is 1.10. The lowest BCUT2D eigenvalue weighted by atomic mass is 9.94. The van der Waals surface area contributed by atoms with Gasteiger partial charge in [-0.3, -0.25) is 9.59 Å². The first-order valence-corrected chi connectivity index (χ1v) is 12.3. The molecule has 9 heteroatoms. The molecule has 162 valence electrons. The van der Waals surface area contributed by atoms with Crippen LogP contribution in [0, 0.1) is 11.8 Å². The number of amides is 2. The van der Waals surface area contributed by atoms with Gasteiger partial charge in [-0.05, 0) is 54.0 Å². The summed E-state index contributed by atoms with van der Waals surface area (Å²) in [5, 5.41) is 8.99. The third kappa shape index (κ3) is 5.68. The van der Waals surface area contributed by atoms with E-state index in [2.05, 4.69) is 24.5 Å². The number of carbonyl (C=O) groups is 2. The fraction of sp³-hybridized carbons (Fsp3) is 0.429. The molecule has 2 heterocycles. The fourth-order valence-corrected chi connectivity index (χ4v) is 5.99. The summed E-state index contributed by atoms with van der Waals surface area (Å²) in [4.78, 5) is 24.2. The Hall–Kier alpha value is -2.23. The zero-order valence-electron chi connectivity index (χ0n) is 17.1. The van der Waals surface area contributed by atoms with E-state index in [1.165, 1.54) is 23.5 Å². The lowest BCUT2D eigenvalue weighted by molar-refractivity contribution is -0.116. The van der Waals surface area contributed by atoms with Crippen molar-refractivity contribution in [1.82, 2.24) is 9.62 Å². The number of nitrogens with zero attached hydrogens (tertiary/aromatic N) is 1. The molecule has 2 aromatic rings. The molecule has 2 atom stereocenters. The summed E-state index contributed by atoms with van der Waals surface area (Å²) in [6.45, 7) is 5.42. The fourth-order valence-electron chi connectivity index (χ4n) is 3.67. The normalized spacial score (nSPS) is 19.9. The average molecular weight is 450 g/mol. The van der Waals surface area contributed by atoms with Crippen molar-refractivity contribution >= 4 is 38.9 Å². The van der Waals surface area contributed by atoms with Crippen LogP contribution in [0.3, 0.4) is 0 Å². The smallest absolute Gasteiger partial charge is 0.252 e. The number of carbonyl (C=O) groups excluding carboxylic acids is 2. The molecule has 1 saturated heterocycles. The third-order valence-corrected chi connectivity index (χ3v) is 7.56. The molecule has 0 radical (unpaired) electrons. The minimum absolute atomic E-state index is 0.124. The highest BCUT2D eigenvalue weighted by Crippen LogP contribution is 2.27. The Morgan fingerprint density at radius 3 is 2.37 bits per heavy atom. The maximum atomic E-state index is 12.9. The molecule has 1 fully saturated rings. The minimum atomic E-state index is -3.54. The average Bonchev–Trinajstić information content (AvgIpc) is 3.22. The monoisotopic (exact) mass is 449 g/mol. The van der Waals surface area contributed by atoms with Gasteiger partial charge in [-0.15, -0.1) is 0 Å². The molecule has 3 rings (SSSR count). The van der Waals surface area contributed by atoms with Crippen LogP contribution in [0.1, 0.15) is 37.0 Å². The summed E-state index contributed by atoms with van der Waals surface area (Å²) in [6.07, 6.45) is 1.16. The van der Waals surface area contributed by atoms with Gasteiger partial charge in [0, 0.05) is 42.7 Å². The van der Waals surface area contributed by atoms with Crippen LogP contribution >= 0.6 is 11.3 Å². The van der Waals surface area contributed by atoms with E-state index in [9.17, 15) is 18.0 Å². The van der Waals surface area contributed by atoms with Crippen molar-refractivity contribution in [2.75, 3.05) is 25.0 Å². The molecular weight excluding hydrogens is 422 g/mol. The van der Waals surface area contributed by atoms with E-state index in [0.29, 0.717) is 36.2 Å². The van der Waals surface area contributed by atoms with E-state index in [0.717, 1.165) is 6.42 Å². The SMILES string of the molecule is CC1CC(C)CN(S(=O)(=O)c2ccc(NC(=O)CCNC(=O)c3ccsc3)cc2)C1. The van der Waals surface area contributed by atoms with Crippen LogP contribution in [0.5, 0.6) is 0 Å². The van der Waals surface area contributed by atoms with Crippen LogP contribution in [0.25, 0.3) is 0 Å². The molecule has 1 aliphatic rings. The van der Waals surface area contributed by atoms with Gasteiger partial charge in [0.25, 0.3) is 5.91 Å². The Morgan fingerprint density at radius 2 is 1.77 bits per heavy atom. The van der Waals surface area contributed by atoms with Crippen molar-refractivity contribution in [3.8, 4) is 0 Å². The van der Waals surface area contributed by atoms with Gasteiger partial charge in [-0.2, -0.15) is 15.6 Å². The summed E-state index contributed by atoms with van der Waals surface area (Å²) >= 11 is 1.44. The van der Waals surface area contributed by atoms with Crippen LogP contribution in [0.15, 0.2) is 46.0 Å². The molecule has 2 N–H and O–H groups in total. The Bertz CT molecular complexity index is 962. The van der Waals surface area contributed by atoms with E-state index >= 15 is 0 Å². The van der Waals surface area contributed by atoms with Crippen LogP contribution in [0.2, 0.25) is 0 Å². The Morgan fingerprint density at radius 1 is 1.10 bits per heavy atom. The van der Waals surface area contributed by atoms with E-state index in [-0.39, 0.29) is 29.7 Å². The zero-order chi connectivity index (χ0) is 21.7. The number of hydrogen-bond acceptors (Lipinski definition) is 5. The van der Waals surface area contributed by atoms with Crippen molar-refractivity contribution in [3.63, 3.8) is 0 Å². The summed E-state index contributed by atoms with van der Waals surface area (Å²) in [5.74, 6) is 0.208. The number of benzene rings is 1. The van der Waals surface area contributed by atoms with Crippen molar-refractivity contribution in [2.24, 2.45) is 11.8 Å². The third-order valence-electron chi connectivity index (χ3n) is 5.03. The van der Waals surface area contributed by atoms with Crippen LogP contribution in [-0.2, 0) is 14.8 Å². The molecule has 2 unspecified atom stereocenters. The molecule has 1 aromatic heterocycles. The maximum Gasteiger partial charge on any atom is 0.252 e. The molecule has 2 amide bonds. The molecule has 7 nitrogen and oxygen atoms in total. The van der Waals surface area contributed by atoms with Crippen molar-refractivity contribution in [1.29, 1.82) is 0 Å². The van der Waals surface area contributed by atoms with E-state index < -0.39 is 10.0 Å². The van der Waals surface area contributed by atoms with Crippen LogP contribution in [0.4, 0.5) is 5.69 Å². The highest BCUT2D eigenvalue weighted by atomic mass is 32.2. The van der Waals surface area contributed by atoms with Crippen molar-refractivity contribution < 1.29 is 18.0 Å². The van der Waals surface area contributed by atoms with Gasteiger partial charge in [0.2, 0.25) is 15.9 Å². The van der Waals surface area contributed by atoms with Gasteiger partial charge in [0.15, 0.2) is 0 Å². The second kappa shape index (κ2) is 9.72. The maximum absolute atomic E-state index is 12.9. The second-order valence-electron chi connectivity index (χ2n) is 7.86. The lowest BCUT2D eigenvalue weighted by Crippen LogP contribution is -2.42. The highest BCUT2D eigenvalue weighted by Gasteiger charge is 2.31. The summed E-state index contributed by atoms with van der Waals surface area (Å²) in [6, 6.07) is 7.94. The molecule has 0 saturated carbocycles. The molecule has 30 heavy (non-hydrogen) atoms. The molecule has 1 aliphatic heterocycles. The molecule has 1 aromatic carbocycles. The quantitative estimate of drug-likeness (QED) is 0.679. The summed E-state index contributed by atoms with van der Waals surface area (Å²) in [7, 11) is -3.54. The Labute approximate surface area is 181 Å². The van der Waals surface area contributed by atoms with Crippen LogP contribution < -0.4 is 10.6 Å². The highest BCUT2D eigenvalue weighted by molar-refractivity contribution is 7.89. The van der Waals surface area contributed by atoms with E-state index in [1.54, 1.807) is 27.9 Å². The van der Waals surface area contributed by atoms with E-state index in [4.69, 9.17) is 0 Å². The van der Waals surface area contributed by atoms with Gasteiger partial charge in [-0.25, -0.2) is 8.42 Å². The van der Waals surface area contributed by atoms with Gasteiger partial charge in [-0.1, -0.05) is 13.8 Å². The van der Waals surface area contributed by atoms with Crippen molar-refractivity contribution in [3.05, 3.63) is 46.7 Å². The number of anilines is 1. The standard InChI is InChI=1S/C21H27N3O4S2/c1-15-11-16(2)13-24(12-15)30(27,28)19-5-3-18(4-6-19)23-20(25)7-9-22-21(26)17-8-10-29-14-17/h3-6,8,10,14-16H,7,9,11-13H2,1-2H3,(H,22,26)(H,23,25). The predicted molar refractivity (Wildman–Crippen MR) is 118 cm³/mol. The first kappa shape index (κ1) is 22.5. The predicted octanol–water partition coefficient (Wildman–Crippen LogP) is 3.17. The van der Waals surface area contributed by atoms with Gasteiger partial charge in [0.05, 0.1) is 4.90 Å². The molecule has 0 bridgehead atoms. The van der Waals surface area contributed by atoms with Gasteiger partial charge < -0.3 is 10.6 Å². The molecule has 0 spiro atoms. The largest absolute Gasteiger partial charge is 0.351 e. The molecular formula is C21H27N3O4S2. The summed E-state index contributed by atoms with van der Waals surface area (Å²) < 4.78 is 27.4. The number of piperidine rings is 1. The zero-order valence-corrected chi connectivity index (χ0v) is 18.8. The second-order valence-corrected chi connectivity index (χ2v) is 10.6. The number of nitrogens with one attached hydrogen (secondary N) is 2. The van der Waals surface area contributed by atoms with Gasteiger partial charge in [0.1, 0.15) is 0 Å². The molecule has 0 aliphatic carbocycles. The topological polar surface area (TPSA) is 95.6 Å². The lowest BCUT2D eigenvalue weighted by Gasteiger charge is -2.34. The first-order valence-electron chi connectivity index (χ1n) is 9.96. The van der Waals surface area contributed by atoms with Crippen molar-refractivity contribution in [2.45, 2.75) is 31.6 Å². The number of rotatable bonds is 7. The number of sulfonamides is 1. The number of hydrogen-bond donors (Lipinski definition) is 2. The Kier molecular flexibility index (Phi) is 7.27. The first-order chi connectivity index (χ1) is 14.3. The van der Waals surface area contributed by atoms with Gasteiger partial charge >= 0.3 is 0 Å². The minimum Gasteiger partial charge on any atom is -0.351 e. The number of thiophene rings is 1.